The monoisotopic (exact) mass is 354 g/mol. The van der Waals surface area contributed by atoms with Crippen LogP contribution in [0.2, 0.25) is 0 Å². The van der Waals surface area contributed by atoms with Gasteiger partial charge < -0.3 is 10.6 Å². The van der Waals surface area contributed by atoms with E-state index in [2.05, 4.69) is 26.0 Å². The second-order valence-electron chi connectivity index (χ2n) is 5.36. The molecule has 3 rings (SSSR count). The van der Waals surface area contributed by atoms with E-state index in [4.69, 9.17) is 0 Å². The van der Waals surface area contributed by atoms with Crippen LogP contribution in [-0.2, 0) is 11.3 Å². The summed E-state index contributed by atoms with van der Waals surface area (Å²) >= 11 is 0. The molecular formula is C17H15FN6O2. The highest BCUT2D eigenvalue weighted by atomic mass is 19.1. The van der Waals surface area contributed by atoms with Crippen molar-refractivity contribution in [1.82, 2.24) is 25.5 Å². The van der Waals surface area contributed by atoms with Crippen LogP contribution >= 0.6 is 0 Å². The number of carbonyl (C=O) groups is 2. The van der Waals surface area contributed by atoms with Gasteiger partial charge in [0, 0.05) is 23.9 Å². The fraction of sp³-hybridized carbons (Fsp3) is 0.118. The Morgan fingerprint density at radius 3 is 2.62 bits per heavy atom. The number of amides is 2. The minimum absolute atomic E-state index is 0.153. The molecule has 2 aromatic carbocycles. The van der Waals surface area contributed by atoms with E-state index < -0.39 is 5.82 Å². The van der Waals surface area contributed by atoms with Crippen molar-refractivity contribution < 1.29 is 14.0 Å². The summed E-state index contributed by atoms with van der Waals surface area (Å²) in [5.74, 6) is -0.746. The van der Waals surface area contributed by atoms with Crippen LogP contribution in [0.15, 0.2) is 48.5 Å². The highest BCUT2D eigenvalue weighted by Gasteiger charge is 2.10. The Kier molecular flexibility index (Phi) is 4.97. The van der Waals surface area contributed by atoms with Gasteiger partial charge in [0.15, 0.2) is 0 Å². The molecule has 2 N–H and O–H groups in total. The molecule has 0 fully saturated rings. The first kappa shape index (κ1) is 17.2. The van der Waals surface area contributed by atoms with E-state index in [9.17, 15) is 14.0 Å². The Bertz CT molecular complexity index is 938. The van der Waals surface area contributed by atoms with E-state index >= 15 is 0 Å². The number of tetrazole rings is 1. The Labute approximate surface area is 148 Å². The van der Waals surface area contributed by atoms with Crippen LogP contribution in [0.4, 0.5) is 10.1 Å². The molecular weight excluding hydrogens is 339 g/mol. The summed E-state index contributed by atoms with van der Waals surface area (Å²) in [5, 5.41) is 16.9. The van der Waals surface area contributed by atoms with Crippen molar-refractivity contribution in [3.63, 3.8) is 0 Å². The molecule has 0 spiro atoms. The lowest BCUT2D eigenvalue weighted by atomic mass is 10.2. The topological polar surface area (TPSA) is 102 Å². The SMILES string of the molecule is CNC(=O)c1ccc(NC(=O)Cn2nnc(-c3cccc(F)c3)n2)cc1. The standard InChI is InChI=1S/C17H15FN6O2/c1-19-17(26)11-5-7-14(8-6-11)20-15(25)10-24-22-16(21-23-24)12-3-2-4-13(18)9-12/h2-9H,10H2,1H3,(H,19,26)(H,20,25). The molecule has 0 aliphatic carbocycles. The van der Waals surface area contributed by atoms with E-state index in [0.717, 1.165) is 4.80 Å². The summed E-state index contributed by atoms with van der Waals surface area (Å²) in [6.45, 7) is -0.153. The summed E-state index contributed by atoms with van der Waals surface area (Å²) in [5.41, 5.74) is 1.50. The summed E-state index contributed by atoms with van der Waals surface area (Å²) in [7, 11) is 1.54. The maximum atomic E-state index is 13.2. The lowest BCUT2D eigenvalue weighted by Gasteiger charge is -2.05. The van der Waals surface area contributed by atoms with Crippen molar-refractivity contribution >= 4 is 17.5 Å². The number of benzene rings is 2. The van der Waals surface area contributed by atoms with E-state index in [1.54, 1.807) is 43.4 Å². The van der Waals surface area contributed by atoms with Crippen molar-refractivity contribution in [2.75, 3.05) is 12.4 Å². The summed E-state index contributed by atoms with van der Waals surface area (Å²) in [4.78, 5) is 24.7. The van der Waals surface area contributed by atoms with E-state index in [1.807, 2.05) is 0 Å². The number of halogens is 1. The fourth-order valence-electron chi connectivity index (χ4n) is 2.23. The van der Waals surface area contributed by atoms with Gasteiger partial charge >= 0.3 is 0 Å². The van der Waals surface area contributed by atoms with Gasteiger partial charge in [-0.05, 0) is 41.6 Å². The van der Waals surface area contributed by atoms with Crippen LogP contribution < -0.4 is 10.6 Å². The molecule has 9 heteroatoms. The van der Waals surface area contributed by atoms with Gasteiger partial charge in [0.1, 0.15) is 12.4 Å². The van der Waals surface area contributed by atoms with Crippen molar-refractivity contribution in [3.8, 4) is 11.4 Å². The molecule has 0 aliphatic rings. The largest absolute Gasteiger partial charge is 0.355 e. The number of hydrogen-bond acceptors (Lipinski definition) is 5. The van der Waals surface area contributed by atoms with Gasteiger partial charge in [-0.15, -0.1) is 10.2 Å². The van der Waals surface area contributed by atoms with Crippen molar-refractivity contribution in [2.24, 2.45) is 0 Å². The quantitative estimate of drug-likeness (QED) is 0.723. The van der Waals surface area contributed by atoms with Gasteiger partial charge in [-0.1, -0.05) is 12.1 Å². The van der Waals surface area contributed by atoms with Crippen molar-refractivity contribution in [2.45, 2.75) is 6.54 Å². The summed E-state index contributed by atoms with van der Waals surface area (Å²) in [6.07, 6.45) is 0. The average Bonchev–Trinajstić information content (AvgIpc) is 3.10. The molecule has 2 amide bonds. The third-order valence-corrected chi connectivity index (χ3v) is 3.48. The Balaban J connectivity index is 1.63. The molecule has 132 valence electrons. The molecule has 3 aromatic rings. The van der Waals surface area contributed by atoms with Crippen molar-refractivity contribution in [1.29, 1.82) is 0 Å². The highest BCUT2D eigenvalue weighted by molar-refractivity contribution is 5.95. The number of nitrogens with zero attached hydrogens (tertiary/aromatic N) is 4. The number of carbonyl (C=O) groups excluding carboxylic acids is 2. The summed E-state index contributed by atoms with van der Waals surface area (Å²) < 4.78 is 13.2. The summed E-state index contributed by atoms with van der Waals surface area (Å²) in [6, 6.07) is 12.2. The maximum absolute atomic E-state index is 13.2. The minimum atomic E-state index is -0.406. The van der Waals surface area contributed by atoms with Gasteiger partial charge in [-0.2, -0.15) is 4.80 Å². The average molecular weight is 354 g/mol. The number of anilines is 1. The predicted molar refractivity (Wildman–Crippen MR) is 91.7 cm³/mol. The van der Waals surface area contributed by atoms with Crippen LogP contribution in [-0.4, -0.2) is 39.1 Å². The predicted octanol–water partition coefficient (Wildman–Crippen LogP) is 1.48. The number of rotatable bonds is 5. The third kappa shape index (κ3) is 4.07. The fourth-order valence-corrected chi connectivity index (χ4v) is 2.23. The van der Waals surface area contributed by atoms with Gasteiger partial charge in [-0.25, -0.2) is 4.39 Å². The van der Waals surface area contributed by atoms with E-state index in [0.29, 0.717) is 16.8 Å². The molecule has 0 saturated carbocycles. The molecule has 1 heterocycles. The second kappa shape index (κ2) is 7.51. The molecule has 0 saturated heterocycles. The zero-order valence-corrected chi connectivity index (χ0v) is 13.8. The second-order valence-corrected chi connectivity index (χ2v) is 5.36. The molecule has 26 heavy (non-hydrogen) atoms. The van der Waals surface area contributed by atoms with Crippen LogP contribution in [0.5, 0.6) is 0 Å². The first-order chi connectivity index (χ1) is 12.5. The van der Waals surface area contributed by atoms with Gasteiger partial charge in [-0.3, -0.25) is 9.59 Å². The highest BCUT2D eigenvalue weighted by Crippen LogP contribution is 2.14. The van der Waals surface area contributed by atoms with Crippen LogP contribution in [0, 0.1) is 5.82 Å². The first-order valence-electron chi connectivity index (χ1n) is 7.71. The molecule has 0 bridgehead atoms. The van der Waals surface area contributed by atoms with Crippen LogP contribution in [0.3, 0.4) is 0 Å². The number of nitrogens with one attached hydrogen (secondary N) is 2. The molecule has 0 atom stereocenters. The van der Waals surface area contributed by atoms with Gasteiger partial charge in [0.05, 0.1) is 0 Å². The Morgan fingerprint density at radius 2 is 1.92 bits per heavy atom. The van der Waals surface area contributed by atoms with Gasteiger partial charge in [0.25, 0.3) is 5.91 Å². The van der Waals surface area contributed by atoms with E-state index in [-0.39, 0.29) is 24.2 Å². The Hall–Kier alpha value is -3.62. The molecule has 0 radical (unpaired) electrons. The van der Waals surface area contributed by atoms with Crippen LogP contribution in [0.25, 0.3) is 11.4 Å². The van der Waals surface area contributed by atoms with E-state index in [1.165, 1.54) is 12.1 Å². The first-order valence-corrected chi connectivity index (χ1v) is 7.71. The number of aromatic nitrogens is 4. The molecule has 8 nitrogen and oxygen atoms in total. The number of hydrogen-bond donors (Lipinski definition) is 2. The normalized spacial score (nSPS) is 10.4. The smallest absolute Gasteiger partial charge is 0.251 e. The van der Waals surface area contributed by atoms with Crippen molar-refractivity contribution in [3.05, 3.63) is 59.9 Å². The third-order valence-electron chi connectivity index (χ3n) is 3.48. The zero-order valence-electron chi connectivity index (χ0n) is 13.8. The lowest BCUT2D eigenvalue weighted by molar-refractivity contribution is -0.117. The molecule has 0 unspecified atom stereocenters. The minimum Gasteiger partial charge on any atom is -0.355 e. The maximum Gasteiger partial charge on any atom is 0.251 e. The zero-order chi connectivity index (χ0) is 18.5. The Morgan fingerprint density at radius 1 is 1.15 bits per heavy atom. The molecule has 0 aliphatic heterocycles. The molecule has 1 aromatic heterocycles. The lowest BCUT2D eigenvalue weighted by Crippen LogP contribution is -2.21. The van der Waals surface area contributed by atoms with Gasteiger partial charge in [0.2, 0.25) is 11.7 Å². The van der Waals surface area contributed by atoms with Crippen LogP contribution in [0.1, 0.15) is 10.4 Å².